The molecule has 250 valence electrons. The average Bonchev–Trinajstić information content (AvgIpc) is 3.74. The number of primary amides is 1. The lowest BCUT2D eigenvalue weighted by atomic mass is 9.98. The van der Waals surface area contributed by atoms with Gasteiger partial charge < -0.3 is 25.8 Å². The number of hydrogen-bond donors (Lipinski definition) is 3. The molecule has 2 atom stereocenters. The van der Waals surface area contributed by atoms with Crippen LogP contribution in [0.15, 0.2) is 48.8 Å². The minimum Gasteiger partial charge on any atom is -0.480 e. The van der Waals surface area contributed by atoms with Crippen molar-refractivity contribution in [3.05, 3.63) is 70.2 Å². The first-order chi connectivity index (χ1) is 23.2. The van der Waals surface area contributed by atoms with Crippen molar-refractivity contribution in [3.63, 3.8) is 0 Å². The first-order valence-corrected chi connectivity index (χ1v) is 16.4. The van der Waals surface area contributed by atoms with Gasteiger partial charge in [0.05, 0.1) is 54.0 Å². The highest BCUT2D eigenvalue weighted by Crippen LogP contribution is 2.42. The molecule has 0 radical (unpaired) electrons. The quantitative estimate of drug-likeness (QED) is 0.196. The summed E-state index contributed by atoms with van der Waals surface area (Å²) >= 11 is 14.1. The Balaban J connectivity index is 1.23. The molecule has 4 N–H and O–H groups in total. The van der Waals surface area contributed by atoms with Crippen molar-refractivity contribution in [1.29, 1.82) is 0 Å². The Kier molecular flexibility index (Phi) is 10.4. The molecule has 4 aromatic rings. The van der Waals surface area contributed by atoms with E-state index in [1.807, 2.05) is 36.4 Å². The maximum atomic E-state index is 11.6. The number of hydrogen-bond acceptors (Lipinski definition) is 10. The summed E-state index contributed by atoms with van der Waals surface area (Å²) in [6.07, 6.45) is 5.42. The molecule has 2 saturated heterocycles. The number of nitrogens with zero attached hydrogens (tertiary/aromatic N) is 5. The van der Waals surface area contributed by atoms with E-state index in [-0.39, 0.29) is 23.8 Å². The predicted octanol–water partition coefficient (Wildman–Crippen LogP) is 4.27. The van der Waals surface area contributed by atoms with Gasteiger partial charge >= 0.3 is 0 Å². The molecule has 2 aliphatic heterocycles. The maximum Gasteiger partial charge on any atom is 0.237 e. The number of likely N-dealkylation sites (tertiary alicyclic amines) is 1. The molecule has 0 spiro atoms. The van der Waals surface area contributed by atoms with Crippen molar-refractivity contribution in [2.24, 2.45) is 11.7 Å². The third-order valence-electron chi connectivity index (χ3n) is 8.67. The highest BCUT2D eigenvalue weighted by atomic mass is 35.5. The smallest absolute Gasteiger partial charge is 0.237 e. The molecule has 2 amide bonds. The molecular formula is C34H36Cl2N8O4. The molecule has 2 aromatic carbocycles. The van der Waals surface area contributed by atoms with Gasteiger partial charge in [-0.3, -0.25) is 24.5 Å². The molecule has 2 aromatic heterocycles. The van der Waals surface area contributed by atoms with Gasteiger partial charge in [-0.15, -0.1) is 0 Å². The Morgan fingerprint density at radius 1 is 0.938 bits per heavy atom. The van der Waals surface area contributed by atoms with E-state index in [9.17, 15) is 9.59 Å². The maximum absolute atomic E-state index is 11.6. The van der Waals surface area contributed by atoms with Gasteiger partial charge in [-0.1, -0.05) is 59.6 Å². The number of amides is 2. The first-order valence-electron chi connectivity index (χ1n) is 15.6. The van der Waals surface area contributed by atoms with Crippen molar-refractivity contribution in [1.82, 2.24) is 35.5 Å². The lowest BCUT2D eigenvalue weighted by Crippen LogP contribution is -2.35. The standard InChI is InChI=1S/C34H36Cl2N8O4/c1-47-33-27(14-38-13-20-9-10-29(45)41-20)39-15-25(42-33)23-7-3-5-21(30(23)35)22-6-4-8-24(31(22)36)26-16-40-28(34(43-26)48-2)18-44-12-11-19(17-44)32(37)46/h3-8,15-16,19-20,38H,9-14,17-18H2,1-2H3,(H2,37,46)(H,41,45). The van der Waals surface area contributed by atoms with E-state index in [0.717, 1.165) is 19.4 Å². The molecule has 2 unspecified atom stereocenters. The average molecular weight is 692 g/mol. The molecular weight excluding hydrogens is 655 g/mol. The second kappa shape index (κ2) is 14.8. The zero-order valence-corrected chi connectivity index (χ0v) is 28.1. The molecule has 0 saturated carbocycles. The second-order valence-electron chi connectivity index (χ2n) is 11.8. The fourth-order valence-corrected chi connectivity index (χ4v) is 6.75. The summed E-state index contributed by atoms with van der Waals surface area (Å²) in [7, 11) is 3.10. The van der Waals surface area contributed by atoms with Gasteiger partial charge in [0.15, 0.2) is 0 Å². The van der Waals surface area contributed by atoms with Crippen LogP contribution in [0.25, 0.3) is 33.6 Å². The third-order valence-corrected chi connectivity index (χ3v) is 9.48. The van der Waals surface area contributed by atoms with Crippen molar-refractivity contribution in [2.45, 2.75) is 38.4 Å². The summed E-state index contributed by atoms with van der Waals surface area (Å²) in [6.45, 7) is 2.88. The van der Waals surface area contributed by atoms with Gasteiger partial charge in [0.2, 0.25) is 23.6 Å². The number of halogens is 2. The Morgan fingerprint density at radius 3 is 2.06 bits per heavy atom. The topological polar surface area (TPSA) is 157 Å². The van der Waals surface area contributed by atoms with Crippen LogP contribution in [-0.2, 0) is 22.7 Å². The largest absolute Gasteiger partial charge is 0.480 e. The van der Waals surface area contributed by atoms with E-state index < -0.39 is 0 Å². The molecule has 14 heteroatoms. The molecule has 4 heterocycles. The number of carbonyl (C=O) groups excluding carboxylic acids is 2. The van der Waals surface area contributed by atoms with Crippen LogP contribution in [0.5, 0.6) is 11.8 Å². The number of methoxy groups -OCH3 is 2. The number of ether oxygens (including phenoxy) is 2. The fraction of sp³-hybridized carbons (Fsp3) is 0.353. The first kappa shape index (κ1) is 33.5. The highest BCUT2D eigenvalue weighted by Gasteiger charge is 2.28. The van der Waals surface area contributed by atoms with E-state index in [1.54, 1.807) is 26.6 Å². The van der Waals surface area contributed by atoms with Crippen LogP contribution in [-0.4, -0.2) is 76.5 Å². The van der Waals surface area contributed by atoms with E-state index >= 15 is 0 Å². The van der Waals surface area contributed by atoms with Crippen LogP contribution in [0.1, 0.15) is 30.7 Å². The molecule has 0 bridgehead atoms. The van der Waals surface area contributed by atoms with Crippen molar-refractivity contribution < 1.29 is 19.1 Å². The number of nitrogens with two attached hydrogens (primary N) is 1. The zero-order valence-electron chi connectivity index (χ0n) is 26.6. The van der Waals surface area contributed by atoms with E-state index in [0.29, 0.717) is 99.4 Å². The van der Waals surface area contributed by atoms with Crippen molar-refractivity contribution >= 4 is 35.0 Å². The molecule has 12 nitrogen and oxygen atoms in total. The normalized spacial score (nSPS) is 17.8. The lowest BCUT2D eigenvalue weighted by molar-refractivity contribution is -0.121. The molecule has 2 fully saturated rings. The van der Waals surface area contributed by atoms with Crippen LogP contribution < -0.4 is 25.8 Å². The van der Waals surface area contributed by atoms with Crippen LogP contribution in [0.2, 0.25) is 10.0 Å². The monoisotopic (exact) mass is 690 g/mol. The van der Waals surface area contributed by atoms with Gasteiger partial charge in [0.1, 0.15) is 11.4 Å². The van der Waals surface area contributed by atoms with Crippen molar-refractivity contribution in [3.8, 4) is 45.4 Å². The molecule has 48 heavy (non-hydrogen) atoms. The predicted molar refractivity (Wildman–Crippen MR) is 183 cm³/mol. The van der Waals surface area contributed by atoms with Gasteiger partial charge in [-0.25, -0.2) is 9.97 Å². The summed E-state index contributed by atoms with van der Waals surface area (Å²) in [5, 5.41) is 7.17. The molecule has 6 rings (SSSR count). The number of aromatic nitrogens is 4. The number of nitrogens with one attached hydrogen (secondary N) is 2. The molecule has 2 aliphatic rings. The summed E-state index contributed by atoms with van der Waals surface area (Å²) in [6, 6.07) is 11.4. The van der Waals surface area contributed by atoms with Crippen LogP contribution in [0.4, 0.5) is 0 Å². The zero-order chi connectivity index (χ0) is 33.8. The summed E-state index contributed by atoms with van der Waals surface area (Å²) < 4.78 is 11.2. The summed E-state index contributed by atoms with van der Waals surface area (Å²) in [5.74, 6) is 0.394. The van der Waals surface area contributed by atoms with Gasteiger partial charge in [0.25, 0.3) is 0 Å². The van der Waals surface area contributed by atoms with E-state index in [2.05, 4.69) is 25.5 Å². The van der Waals surface area contributed by atoms with Gasteiger partial charge in [-0.2, -0.15) is 0 Å². The number of rotatable bonds is 12. The minimum absolute atomic E-state index is 0.0783. The summed E-state index contributed by atoms with van der Waals surface area (Å²) in [5.41, 5.74) is 10.6. The van der Waals surface area contributed by atoms with E-state index in [1.165, 1.54) is 0 Å². The van der Waals surface area contributed by atoms with Crippen LogP contribution in [0, 0.1) is 5.92 Å². The lowest BCUT2D eigenvalue weighted by Gasteiger charge is -2.17. The Morgan fingerprint density at radius 2 is 1.52 bits per heavy atom. The Bertz CT molecular complexity index is 1840. The number of carbonyl (C=O) groups is 2. The van der Waals surface area contributed by atoms with Gasteiger partial charge in [0, 0.05) is 60.9 Å². The second-order valence-corrected chi connectivity index (χ2v) is 12.6. The fourth-order valence-electron chi connectivity index (χ4n) is 6.10. The SMILES string of the molecule is COc1nc(-c2cccc(-c3cccc(-c4cnc(CN5CCC(C(N)=O)C5)c(OC)n4)c3Cl)c2Cl)cnc1CNCC1CCC(=O)N1. The number of benzene rings is 2. The highest BCUT2D eigenvalue weighted by molar-refractivity contribution is 6.39. The van der Waals surface area contributed by atoms with E-state index in [4.69, 9.17) is 48.4 Å². The Labute approximate surface area is 288 Å². The minimum atomic E-state index is -0.284. The van der Waals surface area contributed by atoms with Crippen LogP contribution in [0.3, 0.4) is 0 Å². The van der Waals surface area contributed by atoms with Gasteiger partial charge in [-0.05, 0) is 19.4 Å². The van der Waals surface area contributed by atoms with Crippen molar-refractivity contribution in [2.75, 3.05) is 33.9 Å². The third kappa shape index (κ3) is 7.21. The van der Waals surface area contributed by atoms with Crippen LogP contribution >= 0.6 is 23.2 Å². The Hall–Kier alpha value is -4.36. The summed E-state index contributed by atoms with van der Waals surface area (Å²) in [4.78, 5) is 43.9. The molecule has 0 aliphatic carbocycles.